The van der Waals surface area contributed by atoms with E-state index in [1.54, 1.807) is 22.7 Å². The molecule has 1 fully saturated rings. The number of benzene rings is 2. The quantitative estimate of drug-likeness (QED) is 0.390. The zero-order valence-electron chi connectivity index (χ0n) is 19.8. The Morgan fingerprint density at radius 2 is 1.86 bits per heavy atom. The van der Waals surface area contributed by atoms with Gasteiger partial charge in [0.1, 0.15) is 12.7 Å². The van der Waals surface area contributed by atoms with E-state index in [4.69, 9.17) is 5.10 Å². The van der Waals surface area contributed by atoms with Crippen LogP contribution < -0.4 is 0 Å². The molecule has 2 unspecified atom stereocenters. The molecule has 1 amide bonds. The average molecular weight is 493 g/mol. The Labute approximate surface area is 205 Å². The zero-order valence-corrected chi connectivity index (χ0v) is 19.8. The molecule has 2 atom stereocenters. The second-order valence-electron chi connectivity index (χ2n) is 9.47. The third kappa shape index (κ3) is 3.42. The monoisotopic (exact) mass is 492 g/mol. The van der Waals surface area contributed by atoms with Crippen molar-refractivity contribution in [2.45, 2.75) is 44.7 Å². The molecule has 2 bridgehead atoms. The number of halogens is 3. The summed E-state index contributed by atoms with van der Waals surface area (Å²) in [7, 11) is 1.70. The van der Waals surface area contributed by atoms with Crippen molar-refractivity contribution in [2.75, 3.05) is 0 Å². The summed E-state index contributed by atoms with van der Waals surface area (Å²) < 4.78 is 44.9. The van der Waals surface area contributed by atoms with Gasteiger partial charge in [-0.1, -0.05) is 6.07 Å². The van der Waals surface area contributed by atoms with Crippen molar-refractivity contribution in [1.29, 1.82) is 0 Å². The van der Waals surface area contributed by atoms with E-state index >= 15 is 0 Å². The van der Waals surface area contributed by atoms with Gasteiger partial charge in [-0.15, -0.1) is 0 Å². The van der Waals surface area contributed by atoms with Gasteiger partial charge in [-0.2, -0.15) is 10.2 Å². The van der Waals surface area contributed by atoms with Crippen LogP contribution in [0, 0.1) is 24.4 Å². The van der Waals surface area contributed by atoms with E-state index in [0.29, 0.717) is 23.4 Å². The number of rotatable bonds is 3. The number of hydrogen-bond acceptors (Lipinski definition) is 4. The first-order valence-electron chi connectivity index (χ1n) is 11.8. The van der Waals surface area contributed by atoms with Crippen LogP contribution in [0.5, 0.6) is 0 Å². The predicted molar refractivity (Wildman–Crippen MR) is 125 cm³/mol. The fraction of sp³-hybridized carbons (Fsp3) is 0.308. The van der Waals surface area contributed by atoms with Gasteiger partial charge in [0.25, 0.3) is 5.91 Å². The summed E-state index contributed by atoms with van der Waals surface area (Å²) in [5, 5.41) is 8.92. The maximum Gasteiger partial charge on any atom is 0.256 e. The molecule has 36 heavy (non-hydrogen) atoms. The highest BCUT2D eigenvalue weighted by Crippen LogP contribution is 2.45. The molecule has 0 spiro atoms. The largest absolute Gasteiger partial charge is 0.327 e. The normalized spacial score (nSPS) is 18.9. The Balaban J connectivity index is 1.44. The van der Waals surface area contributed by atoms with Gasteiger partial charge in [0.15, 0.2) is 17.5 Å². The van der Waals surface area contributed by atoms with Crippen molar-refractivity contribution in [3.8, 4) is 16.9 Å². The highest BCUT2D eigenvalue weighted by molar-refractivity contribution is 5.98. The van der Waals surface area contributed by atoms with Crippen LogP contribution in [0.25, 0.3) is 16.9 Å². The Morgan fingerprint density at radius 3 is 2.58 bits per heavy atom. The summed E-state index contributed by atoms with van der Waals surface area (Å²) in [5.74, 6) is -4.10. The van der Waals surface area contributed by atoms with Crippen LogP contribution in [0.15, 0.2) is 43.0 Å². The summed E-state index contributed by atoms with van der Waals surface area (Å²) in [6.07, 6.45) is 5.94. The Kier molecular flexibility index (Phi) is 5.20. The van der Waals surface area contributed by atoms with Gasteiger partial charge >= 0.3 is 0 Å². The minimum absolute atomic E-state index is 0.105. The molecule has 2 aromatic carbocycles. The highest BCUT2D eigenvalue weighted by atomic mass is 19.2. The third-order valence-electron chi connectivity index (χ3n) is 7.22. The second kappa shape index (κ2) is 8.32. The molecular formula is C26H23F3N6O. The van der Waals surface area contributed by atoms with Crippen LogP contribution in [0.4, 0.5) is 13.2 Å². The molecule has 0 radical (unpaired) electrons. The number of amides is 1. The average Bonchev–Trinajstić information content (AvgIpc) is 3.49. The van der Waals surface area contributed by atoms with E-state index in [2.05, 4.69) is 10.1 Å². The number of fused-ring (bicyclic) bond motifs is 4. The van der Waals surface area contributed by atoms with Crippen molar-refractivity contribution in [3.05, 3.63) is 82.8 Å². The molecule has 0 aliphatic carbocycles. The van der Waals surface area contributed by atoms with E-state index in [9.17, 15) is 18.0 Å². The number of piperidine rings is 1. The van der Waals surface area contributed by atoms with E-state index in [1.165, 1.54) is 6.33 Å². The summed E-state index contributed by atoms with van der Waals surface area (Å²) in [5.41, 5.74) is 4.51. The van der Waals surface area contributed by atoms with Gasteiger partial charge in [-0.05, 0) is 62.4 Å². The van der Waals surface area contributed by atoms with Crippen LogP contribution in [0.1, 0.15) is 52.5 Å². The van der Waals surface area contributed by atoms with Crippen LogP contribution in [-0.4, -0.2) is 41.4 Å². The Bertz CT molecular complexity index is 1470. The van der Waals surface area contributed by atoms with Crippen molar-refractivity contribution in [3.63, 3.8) is 0 Å². The lowest BCUT2D eigenvalue weighted by Gasteiger charge is -2.45. The first-order valence-corrected chi connectivity index (χ1v) is 11.8. The molecule has 7 nitrogen and oxygen atoms in total. The molecule has 184 valence electrons. The molecule has 0 N–H and O–H groups in total. The number of aromatic nitrogens is 5. The van der Waals surface area contributed by atoms with Crippen molar-refractivity contribution in [2.24, 2.45) is 7.05 Å². The summed E-state index contributed by atoms with van der Waals surface area (Å²) in [6.45, 7) is 1.95. The molecule has 1 saturated heterocycles. The first-order chi connectivity index (χ1) is 17.3. The van der Waals surface area contributed by atoms with Gasteiger partial charge in [-0.25, -0.2) is 22.8 Å². The van der Waals surface area contributed by atoms with Crippen molar-refractivity contribution < 1.29 is 18.0 Å². The van der Waals surface area contributed by atoms with Crippen molar-refractivity contribution in [1.82, 2.24) is 29.4 Å². The lowest BCUT2D eigenvalue weighted by atomic mass is 9.81. The summed E-state index contributed by atoms with van der Waals surface area (Å²) in [6, 6.07) is 7.23. The molecule has 6 rings (SSSR count). The fourth-order valence-electron chi connectivity index (χ4n) is 5.69. The van der Waals surface area contributed by atoms with Gasteiger partial charge in [0, 0.05) is 24.2 Å². The minimum Gasteiger partial charge on any atom is -0.327 e. The predicted octanol–water partition coefficient (Wildman–Crippen LogP) is 4.69. The molecular weight excluding hydrogens is 469 g/mol. The van der Waals surface area contributed by atoms with Gasteiger partial charge in [0.2, 0.25) is 0 Å². The molecule has 0 saturated carbocycles. The number of carbonyl (C=O) groups excluding carboxylic acids is 1. The van der Waals surface area contributed by atoms with Crippen molar-refractivity contribution >= 4 is 5.91 Å². The first kappa shape index (κ1) is 22.5. The van der Waals surface area contributed by atoms with E-state index in [0.717, 1.165) is 48.2 Å². The van der Waals surface area contributed by atoms with E-state index < -0.39 is 17.5 Å². The third-order valence-corrected chi connectivity index (χ3v) is 7.22. The Hall–Kier alpha value is -3.95. The van der Waals surface area contributed by atoms with E-state index in [1.807, 2.05) is 30.0 Å². The molecule has 2 aliphatic heterocycles. The molecule has 4 heterocycles. The summed E-state index contributed by atoms with van der Waals surface area (Å²) in [4.78, 5) is 20.0. The van der Waals surface area contributed by atoms with Crippen LogP contribution in [0.3, 0.4) is 0 Å². The van der Waals surface area contributed by atoms with Gasteiger partial charge < -0.3 is 4.90 Å². The SMILES string of the molecule is Cc1ccc(C(=O)N2C3CCCC2c2nn(C)c(-c4cc(F)c(F)c(F)c4)c2C3)c(-n2cncn2)c1. The molecule has 2 aromatic heterocycles. The molecule has 10 heteroatoms. The number of hydrogen-bond donors (Lipinski definition) is 0. The topological polar surface area (TPSA) is 68.8 Å². The lowest BCUT2D eigenvalue weighted by Crippen LogP contribution is -2.50. The standard InChI is InChI=1S/C26H23F3N6O/c1-14-6-7-17(22(8-14)34-13-30-12-31-34)26(36)35-16-4-3-5-21(35)24-18(11-16)25(33(2)32-24)15-9-19(27)23(29)20(28)10-15/h6-10,12-13,16,21H,3-5,11H2,1-2H3. The van der Waals surface area contributed by atoms with Gasteiger partial charge in [0.05, 0.1) is 28.7 Å². The number of nitrogens with zero attached hydrogens (tertiary/aromatic N) is 6. The Morgan fingerprint density at radius 1 is 1.08 bits per heavy atom. The maximum atomic E-state index is 14.1. The van der Waals surface area contributed by atoms with Crippen LogP contribution in [0.2, 0.25) is 0 Å². The number of aryl methyl sites for hydroxylation is 2. The fourth-order valence-corrected chi connectivity index (χ4v) is 5.69. The van der Waals surface area contributed by atoms with Gasteiger partial charge in [-0.3, -0.25) is 9.48 Å². The summed E-state index contributed by atoms with van der Waals surface area (Å²) >= 11 is 0. The number of carbonyl (C=O) groups is 1. The minimum atomic E-state index is -1.50. The second-order valence-corrected chi connectivity index (χ2v) is 9.47. The molecule has 2 aliphatic rings. The lowest BCUT2D eigenvalue weighted by molar-refractivity contribution is 0.0391. The highest BCUT2D eigenvalue weighted by Gasteiger charge is 2.44. The van der Waals surface area contributed by atoms with Crippen LogP contribution >= 0.6 is 0 Å². The smallest absolute Gasteiger partial charge is 0.256 e. The maximum absolute atomic E-state index is 14.1. The van der Waals surface area contributed by atoms with Crippen LogP contribution in [-0.2, 0) is 13.5 Å². The molecule has 4 aromatic rings. The van der Waals surface area contributed by atoms with E-state index in [-0.39, 0.29) is 23.6 Å². The zero-order chi connectivity index (χ0) is 25.1.